The average Bonchev–Trinajstić information content (AvgIpc) is 3.10. The molecule has 0 fully saturated rings. The molecule has 0 radical (unpaired) electrons. The summed E-state index contributed by atoms with van der Waals surface area (Å²) in [7, 11) is 0. The predicted octanol–water partition coefficient (Wildman–Crippen LogP) is 5.24. The molecule has 0 saturated carbocycles. The summed E-state index contributed by atoms with van der Waals surface area (Å²) in [4.78, 5) is 11.8. The minimum absolute atomic E-state index is 0. The summed E-state index contributed by atoms with van der Waals surface area (Å²) in [6.45, 7) is 1.51. The number of nitrogens with two attached hydrogens (primary N) is 1. The van der Waals surface area contributed by atoms with Gasteiger partial charge in [0.05, 0.1) is 0 Å². The summed E-state index contributed by atoms with van der Waals surface area (Å²) in [6, 6.07) is 22.3. The molecule has 7 heteroatoms. The highest BCUT2D eigenvalue weighted by Crippen LogP contribution is 2.42. The molecule has 2 aliphatic heterocycles. The molecule has 3 aromatic rings. The third-order valence-electron chi connectivity index (χ3n) is 5.65. The smallest absolute Gasteiger partial charge is 0.198 e. The lowest BCUT2D eigenvalue weighted by Gasteiger charge is -2.33. The van der Waals surface area contributed by atoms with Crippen LogP contribution in [0.2, 0.25) is 5.02 Å². The largest absolute Gasteiger partial charge is 0.369 e. The van der Waals surface area contributed by atoms with Crippen molar-refractivity contribution in [2.75, 3.05) is 13.1 Å². The zero-order valence-corrected chi connectivity index (χ0v) is 18.2. The lowest BCUT2D eigenvalue weighted by Crippen LogP contribution is -2.46. The van der Waals surface area contributed by atoms with Crippen molar-refractivity contribution >= 4 is 35.8 Å². The van der Waals surface area contributed by atoms with Crippen LogP contribution in [0.15, 0.2) is 82.8 Å². The second-order valence-corrected chi connectivity index (χ2v) is 7.90. The highest BCUT2D eigenvalue weighted by atomic mass is 35.5. The van der Waals surface area contributed by atoms with E-state index >= 15 is 0 Å². The number of nitrogens with zero attached hydrogens (tertiary/aromatic N) is 3. The number of aliphatic imine (C=N–C) groups is 2. The normalized spacial score (nSPS) is 19.9. The number of rotatable bonds is 3. The third-order valence-corrected chi connectivity index (χ3v) is 5.89. The van der Waals surface area contributed by atoms with E-state index in [0.717, 1.165) is 42.0 Å². The van der Waals surface area contributed by atoms with Gasteiger partial charge in [-0.25, -0.2) is 9.38 Å². The Balaban J connectivity index is 0.00000231. The topological polar surface area (TPSA) is 54.0 Å². The van der Waals surface area contributed by atoms with Gasteiger partial charge in [0.25, 0.3) is 0 Å². The number of guanidine groups is 1. The van der Waals surface area contributed by atoms with E-state index in [4.69, 9.17) is 27.3 Å². The number of benzene rings is 3. The van der Waals surface area contributed by atoms with Gasteiger partial charge in [0.15, 0.2) is 11.5 Å². The van der Waals surface area contributed by atoms with E-state index in [1.54, 1.807) is 12.1 Å². The van der Waals surface area contributed by atoms with Crippen molar-refractivity contribution in [3.05, 3.63) is 94.8 Å². The zero-order valence-electron chi connectivity index (χ0n) is 16.6. The average molecular weight is 455 g/mol. The molecule has 2 heterocycles. The van der Waals surface area contributed by atoms with Crippen molar-refractivity contribution in [1.82, 2.24) is 4.90 Å². The second kappa shape index (κ2) is 8.33. The first kappa shape index (κ1) is 21.3. The molecule has 5 rings (SSSR count). The molecule has 0 aromatic heterocycles. The Bertz CT molecular complexity index is 1180. The van der Waals surface area contributed by atoms with Crippen molar-refractivity contribution in [3.8, 4) is 11.1 Å². The van der Waals surface area contributed by atoms with Gasteiger partial charge in [0, 0.05) is 23.7 Å². The minimum atomic E-state index is -0.864. The van der Waals surface area contributed by atoms with Gasteiger partial charge in [-0.2, -0.15) is 0 Å². The number of hydrogen-bond donors (Lipinski definition) is 1. The van der Waals surface area contributed by atoms with Crippen LogP contribution in [0.1, 0.15) is 17.5 Å². The number of hydrogen-bond acceptors (Lipinski definition) is 4. The maximum Gasteiger partial charge on any atom is 0.198 e. The molecule has 0 amide bonds. The van der Waals surface area contributed by atoms with Gasteiger partial charge in [0.2, 0.25) is 0 Å². The standard InChI is InChI=1S/C24H20ClFN4.ClH/c25-19-10-11-21(26)20(15-19)16-6-4-9-18(14-16)24(17-7-2-1-3-8-17)22-28-12-5-13-30(22)23(27)29-24;/h1-4,6-11,14-15H,5,12-13H2,(H2,27,29);1H. The van der Waals surface area contributed by atoms with E-state index in [9.17, 15) is 4.39 Å². The van der Waals surface area contributed by atoms with Crippen LogP contribution in [0.5, 0.6) is 0 Å². The summed E-state index contributed by atoms with van der Waals surface area (Å²) in [5.74, 6) is 0.953. The molecule has 0 aliphatic carbocycles. The van der Waals surface area contributed by atoms with Crippen LogP contribution in [0.3, 0.4) is 0 Å². The molecule has 0 saturated heterocycles. The summed E-state index contributed by atoms with van der Waals surface area (Å²) in [6.07, 6.45) is 0.929. The highest BCUT2D eigenvalue weighted by molar-refractivity contribution is 6.30. The Morgan fingerprint density at radius 1 is 0.968 bits per heavy atom. The first-order valence-electron chi connectivity index (χ1n) is 9.89. The number of halogens is 3. The molecule has 158 valence electrons. The van der Waals surface area contributed by atoms with E-state index in [-0.39, 0.29) is 18.2 Å². The Morgan fingerprint density at radius 3 is 2.55 bits per heavy atom. The molecule has 31 heavy (non-hydrogen) atoms. The van der Waals surface area contributed by atoms with Crippen LogP contribution in [-0.2, 0) is 5.54 Å². The lowest BCUT2D eigenvalue weighted by atomic mass is 9.81. The summed E-state index contributed by atoms with van der Waals surface area (Å²) < 4.78 is 14.6. The lowest BCUT2D eigenvalue weighted by molar-refractivity contribution is 0.531. The highest BCUT2D eigenvalue weighted by Gasteiger charge is 2.49. The van der Waals surface area contributed by atoms with Crippen LogP contribution in [-0.4, -0.2) is 29.8 Å². The molecular weight excluding hydrogens is 434 g/mol. The molecule has 1 unspecified atom stereocenters. The van der Waals surface area contributed by atoms with Gasteiger partial charge >= 0.3 is 0 Å². The monoisotopic (exact) mass is 454 g/mol. The van der Waals surface area contributed by atoms with Crippen molar-refractivity contribution in [2.45, 2.75) is 12.0 Å². The molecule has 3 aromatic carbocycles. The van der Waals surface area contributed by atoms with Crippen LogP contribution in [0, 0.1) is 5.82 Å². The Morgan fingerprint density at radius 2 is 1.74 bits per heavy atom. The number of amidine groups is 1. The van der Waals surface area contributed by atoms with Gasteiger partial charge in [-0.05, 0) is 47.4 Å². The van der Waals surface area contributed by atoms with Crippen LogP contribution >= 0.6 is 24.0 Å². The van der Waals surface area contributed by atoms with E-state index in [1.807, 2.05) is 59.5 Å². The molecule has 1 atom stereocenters. The second-order valence-electron chi connectivity index (χ2n) is 7.46. The van der Waals surface area contributed by atoms with Crippen molar-refractivity contribution in [1.29, 1.82) is 0 Å². The maximum absolute atomic E-state index is 14.6. The Kier molecular flexibility index (Phi) is 5.73. The Hall–Kier alpha value is -2.89. The van der Waals surface area contributed by atoms with E-state index in [0.29, 0.717) is 16.5 Å². The van der Waals surface area contributed by atoms with Crippen molar-refractivity contribution in [3.63, 3.8) is 0 Å². The molecular formula is C24H21Cl2FN4. The van der Waals surface area contributed by atoms with Crippen LogP contribution in [0.25, 0.3) is 11.1 Å². The van der Waals surface area contributed by atoms with Crippen LogP contribution in [0.4, 0.5) is 4.39 Å². The summed E-state index contributed by atoms with van der Waals surface area (Å²) in [5, 5.41) is 0.487. The maximum atomic E-state index is 14.6. The van der Waals surface area contributed by atoms with E-state index in [2.05, 4.69) is 0 Å². The third kappa shape index (κ3) is 3.48. The molecule has 0 spiro atoms. The summed E-state index contributed by atoms with van der Waals surface area (Å²) >= 11 is 6.14. The van der Waals surface area contributed by atoms with Crippen molar-refractivity contribution < 1.29 is 4.39 Å². The number of fused-ring (bicyclic) bond motifs is 1. The first-order chi connectivity index (χ1) is 14.6. The fourth-order valence-electron chi connectivity index (χ4n) is 4.28. The van der Waals surface area contributed by atoms with Gasteiger partial charge in [-0.1, -0.05) is 60.1 Å². The van der Waals surface area contributed by atoms with Gasteiger partial charge < -0.3 is 5.73 Å². The van der Waals surface area contributed by atoms with E-state index < -0.39 is 5.54 Å². The van der Waals surface area contributed by atoms with Crippen molar-refractivity contribution in [2.24, 2.45) is 15.7 Å². The summed E-state index contributed by atoms with van der Waals surface area (Å²) in [5.41, 5.74) is 8.52. The SMILES string of the molecule is Cl.NC1=NC(c2ccccc2)(c2cccc(-c3cc(Cl)ccc3F)c2)C2=NCCCN12. The quantitative estimate of drug-likeness (QED) is 0.587. The van der Waals surface area contributed by atoms with Crippen LogP contribution < -0.4 is 5.73 Å². The Labute approximate surface area is 191 Å². The minimum Gasteiger partial charge on any atom is -0.369 e. The van der Waals surface area contributed by atoms with Gasteiger partial charge in [-0.3, -0.25) is 9.89 Å². The van der Waals surface area contributed by atoms with Gasteiger partial charge in [-0.15, -0.1) is 12.4 Å². The first-order valence-corrected chi connectivity index (χ1v) is 10.3. The molecule has 2 aliphatic rings. The predicted molar refractivity (Wildman–Crippen MR) is 127 cm³/mol. The fraction of sp³-hybridized carbons (Fsp3) is 0.167. The zero-order chi connectivity index (χ0) is 20.7. The fourth-order valence-corrected chi connectivity index (χ4v) is 4.46. The molecule has 0 bridgehead atoms. The van der Waals surface area contributed by atoms with Gasteiger partial charge in [0.1, 0.15) is 11.7 Å². The van der Waals surface area contributed by atoms with E-state index in [1.165, 1.54) is 6.07 Å². The molecule has 2 N–H and O–H groups in total. The molecule has 4 nitrogen and oxygen atoms in total.